The first-order valence-corrected chi connectivity index (χ1v) is 8.50. The molecule has 6 heteroatoms. The molecule has 126 valence electrons. The highest BCUT2D eigenvalue weighted by molar-refractivity contribution is 6.31. The molecule has 1 aromatic carbocycles. The van der Waals surface area contributed by atoms with E-state index in [0.717, 1.165) is 44.0 Å². The summed E-state index contributed by atoms with van der Waals surface area (Å²) in [6, 6.07) is 5.52. The highest BCUT2D eigenvalue weighted by Gasteiger charge is 2.24. The fraction of sp³-hybridized carbons (Fsp3) is 0.588. The predicted molar refractivity (Wildman–Crippen MR) is 90.3 cm³/mol. The van der Waals surface area contributed by atoms with Crippen molar-refractivity contribution >= 4 is 23.2 Å². The minimum Gasteiger partial charge on any atom is -0.490 e. The maximum Gasteiger partial charge on any atom is 0.241 e. The molecule has 0 spiro atoms. The number of rotatable bonds is 4. The predicted octanol–water partition coefficient (Wildman–Crippen LogP) is 2.42. The molecule has 2 aliphatic heterocycles. The van der Waals surface area contributed by atoms with E-state index < -0.39 is 0 Å². The molecule has 23 heavy (non-hydrogen) atoms. The van der Waals surface area contributed by atoms with Gasteiger partial charge in [-0.2, -0.15) is 0 Å². The van der Waals surface area contributed by atoms with Gasteiger partial charge in [-0.25, -0.2) is 0 Å². The lowest BCUT2D eigenvalue weighted by Crippen LogP contribution is -2.44. The number of fused-ring (bicyclic) bond motifs is 1. The molecular formula is C17H23ClN2O3. The summed E-state index contributed by atoms with van der Waals surface area (Å²) in [7, 11) is 1.87. The smallest absolute Gasteiger partial charge is 0.241 e. The van der Waals surface area contributed by atoms with Gasteiger partial charge >= 0.3 is 0 Å². The van der Waals surface area contributed by atoms with E-state index in [9.17, 15) is 4.79 Å². The fourth-order valence-corrected chi connectivity index (χ4v) is 3.30. The van der Waals surface area contributed by atoms with E-state index in [4.69, 9.17) is 21.1 Å². The van der Waals surface area contributed by atoms with Crippen molar-refractivity contribution in [3.8, 4) is 5.75 Å². The number of hydrogen-bond acceptors (Lipinski definition) is 4. The van der Waals surface area contributed by atoms with E-state index in [1.807, 2.05) is 29.0 Å². The summed E-state index contributed by atoms with van der Waals surface area (Å²) >= 11 is 6.08. The van der Waals surface area contributed by atoms with Crippen molar-refractivity contribution in [1.29, 1.82) is 0 Å². The molecule has 5 nitrogen and oxygen atoms in total. The van der Waals surface area contributed by atoms with Crippen LogP contribution in [0.15, 0.2) is 18.2 Å². The largest absolute Gasteiger partial charge is 0.490 e. The van der Waals surface area contributed by atoms with Gasteiger partial charge in [0.1, 0.15) is 12.4 Å². The van der Waals surface area contributed by atoms with Crippen LogP contribution in [0.1, 0.15) is 12.8 Å². The summed E-state index contributed by atoms with van der Waals surface area (Å²) in [4.78, 5) is 16.4. The van der Waals surface area contributed by atoms with E-state index in [1.54, 1.807) is 6.07 Å². The number of ether oxygens (including phenoxy) is 2. The van der Waals surface area contributed by atoms with E-state index in [1.165, 1.54) is 0 Å². The molecule has 0 radical (unpaired) electrons. The van der Waals surface area contributed by atoms with Gasteiger partial charge in [-0.15, -0.1) is 0 Å². The molecule has 0 bridgehead atoms. The lowest BCUT2D eigenvalue weighted by Gasteiger charge is -2.33. The SMILES string of the molecule is CN(CC1CCCOC1)C(=O)CN1CCOc2ccc(Cl)cc21. The second kappa shape index (κ2) is 7.41. The number of hydrogen-bond donors (Lipinski definition) is 0. The maximum atomic E-state index is 12.5. The summed E-state index contributed by atoms with van der Waals surface area (Å²) < 4.78 is 11.1. The Kier molecular flexibility index (Phi) is 5.28. The van der Waals surface area contributed by atoms with Crippen LogP contribution >= 0.6 is 11.6 Å². The van der Waals surface area contributed by atoms with Gasteiger partial charge in [0.05, 0.1) is 25.4 Å². The number of anilines is 1. The number of amides is 1. The third-order valence-electron chi connectivity index (χ3n) is 4.42. The molecule has 0 N–H and O–H groups in total. The Hall–Kier alpha value is -1.46. The van der Waals surface area contributed by atoms with Crippen molar-refractivity contribution in [3.05, 3.63) is 23.2 Å². The molecular weight excluding hydrogens is 316 g/mol. The number of likely N-dealkylation sites (N-methyl/N-ethyl adjacent to an activating group) is 1. The van der Waals surface area contributed by atoms with Crippen molar-refractivity contribution in [1.82, 2.24) is 4.90 Å². The van der Waals surface area contributed by atoms with Gasteiger partial charge in [-0.05, 0) is 37.0 Å². The van der Waals surface area contributed by atoms with Crippen molar-refractivity contribution in [2.45, 2.75) is 12.8 Å². The third-order valence-corrected chi connectivity index (χ3v) is 4.65. The zero-order chi connectivity index (χ0) is 16.2. The van der Waals surface area contributed by atoms with Gasteiger partial charge in [-0.3, -0.25) is 4.79 Å². The molecule has 2 aliphatic rings. The van der Waals surface area contributed by atoms with Crippen molar-refractivity contribution in [2.75, 3.05) is 51.4 Å². The van der Waals surface area contributed by atoms with Crippen molar-refractivity contribution < 1.29 is 14.3 Å². The van der Waals surface area contributed by atoms with Crippen LogP contribution in [-0.4, -0.2) is 57.3 Å². The van der Waals surface area contributed by atoms with Gasteiger partial charge < -0.3 is 19.3 Å². The molecule has 1 fully saturated rings. The highest BCUT2D eigenvalue weighted by atomic mass is 35.5. The Bertz CT molecular complexity index is 561. The van der Waals surface area contributed by atoms with Crippen LogP contribution < -0.4 is 9.64 Å². The molecule has 0 aliphatic carbocycles. The van der Waals surface area contributed by atoms with Gasteiger partial charge in [0.25, 0.3) is 0 Å². The number of nitrogens with zero attached hydrogens (tertiary/aromatic N) is 2. The topological polar surface area (TPSA) is 42.0 Å². The number of carbonyl (C=O) groups excluding carboxylic acids is 1. The second-order valence-corrected chi connectivity index (χ2v) is 6.68. The lowest BCUT2D eigenvalue weighted by atomic mass is 10.0. The van der Waals surface area contributed by atoms with Gasteiger partial charge in [0.2, 0.25) is 5.91 Å². The normalized spacial score (nSPS) is 20.6. The summed E-state index contributed by atoms with van der Waals surface area (Å²) in [6.45, 7) is 3.99. The molecule has 1 saturated heterocycles. The van der Waals surface area contributed by atoms with Crippen LogP contribution in [0.4, 0.5) is 5.69 Å². The Labute approximate surface area is 142 Å². The van der Waals surface area contributed by atoms with E-state index in [2.05, 4.69) is 0 Å². The summed E-state index contributed by atoms with van der Waals surface area (Å²) in [5, 5.41) is 0.652. The Morgan fingerprint density at radius 3 is 3.09 bits per heavy atom. The number of benzene rings is 1. The molecule has 1 amide bonds. The number of carbonyl (C=O) groups is 1. The van der Waals surface area contributed by atoms with Gasteiger partial charge in [-0.1, -0.05) is 11.6 Å². The molecule has 3 rings (SSSR count). The van der Waals surface area contributed by atoms with Crippen LogP contribution in [0, 0.1) is 5.92 Å². The van der Waals surface area contributed by atoms with Crippen LogP contribution in [0.25, 0.3) is 0 Å². The summed E-state index contributed by atoms with van der Waals surface area (Å²) in [5.41, 5.74) is 0.895. The lowest BCUT2D eigenvalue weighted by molar-refractivity contribution is -0.129. The van der Waals surface area contributed by atoms with Crippen molar-refractivity contribution in [3.63, 3.8) is 0 Å². The van der Waals surface area contributed by atoms with E-state index >= 15 is 0 Å². The van der Waals surface area contributed by atoms with Crippen LogP contribution in [0.2, 0.25) is 5.02 Å². The molecule has 0 saturated carbocycles. The number of halogens is 1. The highest BCUT2D eigenvalue weighted by Crippen LogP contribution is 2.33. The fourth-order valence-electron chi connectivity index (χ4n) is 3.13. The van der Waals surface area contributed by atoms with Crippen LogP contribution in [0.5, 0.6) is 5.75 Å². The standard InChI is InChI=1S/C17H23ClN2O3/c1-19(10-13-3-2-7-22-12-13)17(21)11-20-6-8-23-16-5-4-14(18)9-15(16)20/h4-5,9,13H,2-3,6-8,10-12H2,1H3. The monoisotopic (exact) mass is 338 g/mol. The molecule has 2 heterocycles. The molecule has 1 aromatic rings. The van der Waals surface area contributed by atoms with E-state index in [0.29, 0.717) is 30.6 Å². The first-order chi connectivity index (χ1) is 11.1. The Morgan fingerprint density at radius 2 is 2.30 bits per heavy atom. The Balaban J connectivity index is 1.60. The maximum absolute atomic E-state index is 12.5. The average Bonchev–Trinajstić information content (AvgIpc) is 2.56. The van der Waals surface area contributed by atoms with Gasteiger partial charge in [0.15, 0.2) is 0 Å². The first kappa shape index (κ1) is 16.4. The molecule has 1 unspecified atom stereocenters. The average molecular weight is 339 g/mol. The second-order valence-electron chi connectivity index (χ2n) is 6.24. The van der Waals surface area contributed by atoms with Gasteiger partial charge in [0, 0.05) is 25.2 Å². The first-order valence-electron chi connectivity index (χ1n) is 8.12. The van der Waals surface area contributed by atoms with Crippen LogP contribution in [0.3, 0.4) is 0 Å². The third kappa shape index (κ3) is 4.09. The van der Waals surface area contributed by atoms with E-state index in [-0.39, 0.29) is 5.91 Å². The quantitative estimate of drug-likeness (QED) is 0.845. The summed E-state index contributed by atoms with van der Waals surface area (Å²) in [5.74, 6) is 1.35. The Morgan fingerprint density at radius 1 is 1.43 bits per heavy atom. The van der Waals surface area contributed by atoms with Crippen molar-refractivity contribution in [2.24, 2.45) is 5.92 Å². The molecule has 0 aromatic heterocycles. The molecule has 1 atom stereocenters. The van der Waals surface area contributed by atoms with Crippen LogP contribution in [-0.2, 0) is 9.53 Å². The summed E-state index contributed by atoms with van der Waals surface area (Å²) in [6.07, 6.45) is 2.22. The zero-order valence-corrected chi connectivity index (χ0v) is 14.2. The zero-order valence-electron chi connectivity index (χ0n) is 13.5. The minimum absolute atomic E-state index is 0.114. The minimum atomic E-state index is 0.114.